The van der Waals surface area contributed by atoms with Crippen molar-refractivity contribution in [1.29, 1.82) is 0 Å². The number of carbonyl (C=O) groups is 1. The standard InChI is InChI=1S/C21H23N5O2/c1-28-11-10-25-15-20-24-23-19(13-17-8-5-9-22-14-17)26(20)18(21(25)27)12-16-6-3-2-4-7-16/h2-9,14,18H,10-13,15H2,1H3/t18-/m1/s1. The van der Waals surface area contributed by atoms with Crippen molar-refractivity contribution in [2.24, 2.45) is 0 Å². The quantitative estimate of drug-likeness (QED) is 0.630. The smallest absolute Gasteiger partial charge is 0.246 e. The van der Waals surface area contributed by atoms with E-state index in [0.29, 0.717) is 32.5 Å². The van der Waals surface area contributed by atoms with Gasteiger partial charge in [0.2, 0.25) is 5.91 Å². The molecule has 1 amide bonds. The van der Waals surface area contributed by atoms with Gasteiger partial charge in [0.15, 0.2) is 5.82 Å². The van der Waals surface area contributed by atoms with Gasteiger partial charge in [0.05, 0.1) is 13.2 Å². The molecule has 1 aromatic carbocycles. The van der Waals surface area contributed by atoms with Crippen LogP contribution in [0, 0.1) is 0 Å². The lowest BCUT2D eigenvalue weighted by Gasteiger charge is -2.34. The Bertz CT molecular complexity index is 926. The van der Waals surface area contributed by atoms with Crippen molar-refractivity contribution < 1.29 is 9.53 Å². The Labute approximate surface area is 164 Å². The fraction of sp³-hybridized carbons (Fsp3) is 0.333. The number of pyridine rings is 1. The molecule has 28 heavy (non-hydrogen) atoms. The minimum atomic E-state index is -0.357. The van der Waals surface area contributed by atoms with Crippen LogP contribution in [0.5, 0.6) is 0 Å². The normalized spacial score (nSPS) is 16.2. The highest BCUT2D eigenvalue weighted by atomic mass is 16.5. The summed E-state index contributed by atoms with van der Waals surface area (Å²) >= 11 is 0. The minimum Gasteiger partial charge on any atom is -0.383 e. The molecule has 0 N–H and O–H groups in total. The molecule has 0 saturated carbocycles. The number of hydrogen-bond acceptors (Lipinski definition) is 5. The first-order valence-corrected chi connectivity index (χ1v) is 9.39. The number of methoxy groups -OCH3 is 1. The number of carbonyl (C=O) groups excluding carboxylic acids is 1. The van der Waals surface area contributed by atoms with Gasteiger partial charge < -0.3 is 14.2 Å². The summed E-state index contributed by atoms with van der Waals surface area (Å²) in [6.07, 6.45) is 4.77. The molecular weight excluding hydrogens is 354 g/mol. The zero-order chi connectivity index (χ0) is 19.3. The van der Waals surface area contributed by atoms with Crippen LogP contribution in [-0.2, 0) is 28.9 Å². The molecule has 0 radical (unpaired) electrons. The van der Waals surface area contributed by atoms with Crippen LogP contribution in [0.4, 0.5) is 0 Å². The number of fused-ring (bicyclic) bond motifs is 1. The van der Waals surface area contributed by atoms with Crippen LogP contribution in [0.15, 0.2) is 54.9 Å². The first-order chi connectivity index (χ1) is 13.8. The molecule has 0 bridgehead atoms. The summed E-state index contributed by atoms with van der Waals surface area (Å²) in [5, 5.41) is 8.80. The fourth-order valence-electron chi connectivity index (χ4n) is 3.61. The van der Waals surface area contributed by atoms with Crippen molar-refractivity contribution in [2.75, 3.05) is 20.3 Å². The van der Waals surface area contributed by atoms with E-state index in [1.807, 2.05) is 58.1 Å². The molecule has 4 rings (SSSR count). The maximum absolute atomic E-state index is 13.3. The summed E-state index contributed by atoms with van der Waals surface area (Å²) in [4.78, 5) is 19.3. The van der Waals surface area contributed by atoms with Gasteiger partial charge in [-0.1, -0.05) is 36.4 Å². The maximum Gasteiger partial charge on any atom is 0.246 e. The van der Waals surface area contributed by atoms with E-state index in [1.165, 1.54) is 0 Å². The molecule has 1 atom stereocenters. The van der Waals surface area contributed by atoms with Crippen LogP contribution < -0.4 is 0 Å². The van der Waals surface area contributed by atoms with E-state index in [1.54, 1.807) is 13.3 Å². The third-order valence-corrected chi connectivity index (χ3v) is 5.00. The summed E-state index contributed by atoms with van der Waals surface area (Å²) in [6, 6.07) is 13.6. The van der Waals surface area contributed by atoms with Crippen LogP contribution in [-0.4, -0.2) is 50.8 Å². The number of aromatic nitrogens is 4. The van der Waals surface area contributed by atoms with Crippen molar-refractivity contribution >= 4 is 5.91 Å². The Kier molecular flexibility index (Phi) is 5.43. The van der Waals surface area contributed by atoms with Crippen molar-refractivity contribution in [3.05, 3.63) is 77.6 Å². The van der Waals surface area contributed by atoms with E-state index in [2.05, 4.69) is 15.2 Å². The maximum atomic E-state index is 13.3. The second-order valence-electron chi connectivity index (χ2n) is 6.90. The van der Waals surface area contributed by atoms with Crippen molar-refractivity contribution in [1.82, 2.24) is 24.6 Å². The van der Waals surface area contributed by atoms with E-state index < -0.39 is 0 Å². The predicted octanol–water partition coefficient (Wildman–Crippen LogP) is 2.04. The molecule has 0 saturated heterocycles. The van der Waals surface area contributed by atoms with Crippen molar-refractivity contribution in [3.8, 4) is 0 Å². The number of ether oxygens (including phenoxy) is 1. The van der Waals surface area contributed by atoms with Gasteiger partial charge in [-0.2, -0.15) is 0 Å². The third kappa shape index (κ3) is 3.80. The van der Waals surface area contributed by atoms with Gasteiger partial charge in [-0.3, -0.25) is 9.78 Å². The largest absolute Gasteiger partial charge is 0.383 e. The lowest BCUT2D eigenvalue weighted by Crippen LogP contribution is -2.45. The molecule has 2 aromatic heterocycles. The van der Waals surface area contributed by atoms with E-state index in [-0.39, 0.29) is 11.9 Å². The summed E-state index contributed by atoms with van der Waals surface area (Å²) in [5.41, 5.74) is 2.16. The molecule has 3 heterocycles. The Morgan fingerprint density at radius 3 is 2.68 bits per heavy atom. The minimum absolute atomic E-state index is 0.0839. The van der Waals surface area contributed by atoms with Gasteiger partial charge in [-0.15, -0.1) is 10.2 Å². The van der Waals surface area contributed by atoms with E-state index in [9.17, 15) is 4.79 Å². The van der Waals surface area contributed by atoms with Gasteiger partial charge in [-0.25, -0.2) is 0 Å². The topological polar surface area (TPSA) is 73.1 Å². The number of amides is 1. The molecule has 144 valence electrons. The van der Waals surface area contributed by atoms with E-state index in [4.69, 9.17) is 4.74 Å². The molecule has 0 unspecified atom stereocenters. The highest BCUT2D eigenvalue weighted by molar-refractivity contribution is 5.82. The molecular formula is C21H23N5O2. The fourth-order valence-corrected chi connectivity index (χ4v) is 3.61. The first kappa shape index (κ1) is 18.3. The van der Waals surface area contributed by atoms with E-state index >= 15 is 0 Å². The van der Waals surface area contributed by atoms with Crippen LogP contribution in [0.25, 0.3) is 0 Å². The molecule has 0 fully saturated rings. The van der Waals surface area contributed by atoms with Crippen molar-refractivity contribution in [3.63, 3.8) is 0 Å². The average Bonchev–Trinajstić information content (AvgIpc) is 3.12. The molecule has 0 aliphatic carbocycles. The summed E-state index contributed by atoms with van der Waals surface area (Å²) in [5.74, 6) is 1.69. The second-order valence-corrected chi connectivity index (χ2v) is 6.90. The van der Waals surface area contributed by atoms with Crippen LogP contribution in [0.1, 0.15) is 28.8 Å². The Morgan fingerprint density at radius 2 is 1.93 bits per heavy atom. The summed E-state index contributed by atoms with van der Waals surface area (Å²) < 4.78 is 7.19. The third-order valence-electron chi connectivity index (χ3n) is 5.00. The highest BCUT2D eigenvalue weighted by Crippen LogP contribution is 2.27. The Morgan fingerprint density at radius 1 is 1.11 bits per heavy atom. The average molecular weight is 377 g/mol. The lowest BCUT2D eigenvalue weighted by atomic mass is 10.0. The lowest BCUT2D eigenvalue weighted by molar-refractivity contribution is -0.138. The number of rotatable bonds is 7. The summed E-state index contributed by atoms with van der Waals surface area (Å²) in [6.45, 7) is 1.50. The second kappa shape index (κ2) is 8.31. The number of hydrogen-bond donors (Lipinski definition) is 0. The zero-order valence-electron chi connectivity index (χ0n) is 15.9. The van der Waals surface area contributed by atoms with Gasteiger partial charge in [0.25, 0.3) is 0 Å². The molecule has 0 spiro atoms. The Hall–Kier alpha value is -3.06. The van der Waals surface area contributed by atoms with Gasteiger partial charge in [0, 0.05) is 38.9 Å². The number of benzene rings is 1. The first-order valence-electron chi connectivity index (χ1n) is 9.39. The predicted molar refractivity (Wildman–Crippen MR) is 104 cm³/mol. The van der Waals surface area contributed by atoms with Crippen LogP contribution in [0.3, 0.4) is 0 Å². The highest BCUT2D eigenvalue weighted by Gasteiger charge is 2.35. The van der Waals surface area contributed by atoms with Crippen LogP contribution >= 0.6 is 0 Å². The van der Waals surface area contributed by atoms with E-state index in [0.717, 1.165) is 22.8 Å². The van der Waals surface area contributed by atoms with Crippen molar-refractivity contribution in [2.45, 2.75) is 25.4 Å². The van der Waals surface area contributed by atoms with Crippen LogP contribution in [0.2, 0.25) is 0 Å². The van der Waals surface area contributed by atoms with Gasteiger partial charge in [0.1, 0.15) is 11.9 Å². The molecule has 3 aromatic rings. The monoisotopic (exact) mass is 377 g/mol. The number of nitrogens with zero attached hydrogens (tertiary/aromatic N) is 5. The molecule has 7 nitrogen and oxygen atoms in total. The Balaban J connectivity index is 1.68. The zero-order valence-corrected chi connectivity index (χ0v) is 15.9. The van der Waals surface area contributed by atoms with Gasteiger partial charge in [-0.05, 0) is 17.2 Å². The molecule has 1 aliphatic heterocycles. The summed E-state index contributed by atoms with van der Waals surface area (Å²) in [7, 11) is 1.64. The van der Waals surface area contributed by atoms with Gasteiger partial charge >= 0.3 is 0 Å². The SMILES string of the molecule is COCCN1Cc2nnc(Cc3cccnc3)n2[C@H](Cc2ccccc2)C1=O. The molecule has 1 aliphatic rings. The molecule has 7 heteroatoms.